The zero-order valence-corrected chi connectivity index (χ0v) is 19.4. The molecule has 2 fully saturated rings. The lowest BCUT2D eigenvalue weighted by Crippen LogP contribution is -2.54. The van der Waals surface area contributed by atoms with Gasteiger partial charge in [-0.05, 0) is 36.2 Å². The number of halogens is 1. The Bertz CT molecular complexity index is 950. The van der Waals surface area contributed by atoms with Crippen molar-refractivity contribution in [1.29, 1.82) is 0 Å². The highest BCUT2D eigenvalue weighted by Gasteiger charge is 2.26. The first kappa shape index (κ1) is 22.8. The minimum atomic E-state index is 0.00301. The SMILES string of the molecule is Cc1ccccc1CN1CCN(C(=O)CN2CCN(C(=O)c3cccc(Cl)c3)CC2)CC1. The van der Waals surface area contributed by atoms with E-state index in [9.17, 15) is 9.59 Å². The summed E-state index contributed by atoms with van der Waals surface area (Å²) in [6, 6.07) is 15.6. The van der Waals surface area contributed by atoms with Crippen LogP contribution in [0.3, 0.4) is 0 Å². The van der Waals surface area contributed by atoms with E-state index in [4.69, 9.17) is 11.6 Å². The largest absolute Gasteiger partial charge is 0.339 e. The van der Waals surface area contributed by atoms with Crippen LogP contribution in [0, 0.1) is 6.92 Å². The van der Waals surface area contributed by atoms with E-state index in [2.05, 4.69) is 41.0 Å². The first-order valence-corrected chi connectivity index (χ1v) is 11.7. The maximum absolute atomic E-state index is 12.8. The van der Waals surface area contributed by atoms with Crippen molar-refractivity contribution in [2.24, 2.45) is 0 Å². The molecule has 32 heavy (non-hydrogen) atoms. The van der Waals surface area contributed by atoms with Crippen LogP contribution in [-0.2, 0) is 11.3 Å². The summed E-state index contributed by atoms with van der Waals surface area (Å²) in [5.74, 6) is 0.193. The summed E-state index contributed by atoms with van der Waals surface area (Å²) < 4.78 is 0. The summed E-state index contributed by atoms with van der Waals surface area (Å²) in [5.41, 5.74) is 3.29. The Morgan fingerprint density at radius 2 is 1.47 bits per heavy atom. The maximum Gasteiger partial charge on any atom is 0.253 e. The van der Waals surface area contributed by atoms with E-state index in [0.29, 0.717) is 43.3 Å². The highest BCUT2D eigenvalue weighted by Crippen LogP contribution is 2.15. The zero-order valence-electron chi connectivity index (χ0n) is 18.7. The van der Waals surface area contributed by atoms with Gasteiger partial charge in [0.15, 0.2) is 0 Å². The van der Waals surface area contributed by atoms with Gasteiger partial charge in [0, 0.05) is 69.5 Å². The number of aryl methyl sites for hydroxylation is 1. The number of rotatable bonds is 5. The molecule has 2 aromatic rings. The van der Waals surface area contributed by atoms with Gasteiger partial charge in [0.2, 0.25) is 5.91 Å². The summed E-state index contributed by atoms with van der Waals surface area (Å²) in [5, 5.41) is 0.569. The molecule has 2 amide bonds. The molecule has 0 atom stereocenters. The number of hydrogen-bond donors (Lipinski definition) is 0. The van der Waals surface area contributed by atoms with Crippen molar-refractivity contribution in [3.8, 4) is 0 Å². The lowest BCUT2D eigenvalue weighted by molar-refractivity contribution is -0.134. The predicted molar refractivity (Wildman–Crippen MR) is 127 cm³/mol. The molecule has 170 valence electrons. The Morgan fingerprint density at radius 3 is 2.16 bits per heavy atom. The van der Waals surface area contributed by atoms with Crippen molar-refractivity contribution in [3.05, 3.63) is 70.2 Å². The monoisotopic (exact) mass is 454 g/mol. The van der Waals surface area contributed by atoms with Crippen LogP contribution in [0.5, 0.6) is 0 Å². The van der Waals surface area contributed by atoms with Crippen LogP contribution >= 0.6 is 11.6 Å². The molecular formula is C25H31ClN4O2. The molecule has 4 rings (SSSR count). The number of amides is 2. The molecule has 7 heteroatoms. The smallest absolute Gasteiger partial charge is 0.253 e. The molecule has 0 N–H and O–H groups in total. The molecule has 0 radical (unpaired) electrons. The molecule has 2 aliphatic rings. The molecule has 2 aromatic carbocycles. The van der Waals surface area contributed by atoms with Crippen LogP contribution < -0.4 is 0 Å². The van der Waals surface area contributed by atoms with Crippen LogP contribution in [0.15, 0.2) is 48.5 Å². The van der Waals surface area contributed by atoms with Crippen molar-refractivity contribution in [2.75, 3.05) is 58.9 Å². The molecule has 0 unspecified atom stereocenters. The Hall–Kier alpha value is -2.41. The van der Waals surface area contributed by atoms with Gasteiger partial charge in [-0.25, -0.2) is 0 Å². The highest BCUT2D eigenvalue weighted by atomic mass is 35.5. The number of benzene rings is 2. The third kappa shape index (κ3) is 5.68. The van der Waals surface area contributed by atoms with Gasteiger partial charge in [0.05, 0.1) is 6.54 Å². The summed E-state index contributed by atoms with van der Waals surface area (Å²) >= 11 is 6.01. The Balaban J connectivity index is 1.20. The Morgan fingerprint density at radius 1 is 0.812 bits per heavy atom. The van der Waals surface area contributed by atoms with Crippen molar-refractivity contribution in [1.82, 2.24) is 19.6 Å². The van der Waals surface area contributed by atoms with E-state index >= 15 is 0 Å². The standard InChI is InChI=1S/C25H31ClN4O2/c1-20-5-2-3-6-22(20)18-27-9-13-29(14-10-27)24(31)19-28-11-15-30(16-12-28)25(32)21-7-4-8-23(26)17-21/h2-8,17H,9-16,18-19H2,1H3. The lowest BCUT2D eigenvalue weighted by Gasteiger charge is -2.38. The van der Waals surface area contributed by atoms with Gasteiger partial charge in [-0.15, -0.1) is 0 Å². The van der Waals surface area contributed by atoms with Crippen LogP contribution in [0.2, 0.25) is 5.02 Å². The average molecular weight is 455 g/mol. The maximum atomic E-state index is 12.8. The van der Waals surface area contributed by atoms with E-state index in [1.165, 1.54) is 11.1 Å². The van der Waals surface area contributed by atoms with Crippen LogP contribution in [0.1, 0.15) is 21.5 Å². The fourth-order valence-corrected chi connectivity index (χ4v) is 4.58. The molecule has 2 saturated heterocycles. The predicted octanol–water partition coefficient (Wildman–Crippen LogP) is 2.75. The van der Waals surface area contributed by atoms with Crippen molar-refractivity contribution in [2.45, 2.75) is 13.5 Å². The first-order chi connectivity index (χ1) is 15.5. The molecule has 2 heterocycles. The second kappa shape index (κ2) is 10.5. The summed E-state index contributed by atoms with van der Waals surface area (Å²) in [7, 11) is 0. The Kier molecular flexibility index (Phi) is 7.45. The average Bonchev–Trinajstić information content (AvgIpc) is 2.81. The minimum Gasteiger partial charge on any atom is -0.339 e. The van der Waals surface area contributed by atoms with Crippen molar-refractivity contribution < 1.29 is 9.59 Å². The first-order valence-electron chi connectivity index (χ1n) is 11.3. The van der Waals surface area contributed by atoms with Crippen LogP contribution in [-0.4, -0.2) is 90.3 Å². The van der Waals surface area contributed by atoms with Crippen LogP contribution in [0.25, 0.3) is 0 Å². The summed E-state index contributed by atoms with van der Waals surface area (Å²) in [4.78, 5) is 33.9. The van der Waals surface area contributed by atoms with Gasteiger partial charge >= 0.3 is 0 Å². The van der Waals surface area contributed by atoms with Crippen molar-refractivity contribution in [3.63, 3.8) is 0 Å². The van der Waals surface area contributed by atoms with Gasteiger partial charge in [0.1, 0.15) is 0 Å². The van der Waals surface area contributed by atoms with E-state index in [-0.39, 0.29) is 11.8 Å². The molecule has 0 bridgehead atoms. The lowest BCUT2D eigenvalue weighted by atomic mass is 10.1. The van der Waals surface area contributed by atoms with E-state index < -0.39 is 0 Å². The normalized spacial score (nSPS) is 18.1. The van der Waals surface area contributed by atoms with E-state index in [1.807, 2.05) is 9.80 Å². The van der Waals surface area contributed by atoms with Gasteiger partial charge in [-0.2, -0.15) is 0 Å². The molecule has 0 saturated carbocycles. The molecule has 0 aliphatic carbocycles. The number of nitrogens with zero attached hydrogens (tertiary/aromatic N) is 4. The van der Waals surface area contributed by atoms with Gasteiger partial charge in [0.25, 0.3) is 5.91 Å². The highest BCUT2D eigenvalue weighted by molar-refractivity contribution is 6.30. The summed E-state index contributed by atoms with van der Waals surface area (Å²) in [6.07, 6.45) is 0. The van der Waals surface area contributed by atoms with E-state index in [0.717, 1.165) is 32.7 Å². The fraction of sp³-hybridized carbons (Fsp3) is 0.440. The molecule has 0 aromatic heterocycles. The number of hydrogen-bond acceptors (Lipinski definition) is 4. The minimum absolute atomic E-state index is 0.00301. The number of carbonyl (C=O) groups is 2. The third-order valence-electron chi connectivity index (χ3n) is 6.47. The Labute approximate surface area is 195 Å². The number of piperazine rings is 2. The topological polar surface area (TPSA) is 47.1 Å². The zero-order chi connectivity index (χ0) is 22.5. The molecule has 6 nitrogen and oxygen atoms in total. The third-order valence-corrected chi connectivity index (χ3v) is 6.71. The quantitative estimate of drug-likeness (QED) is 0.697. The van der Waals surface area contributed by atoms with Crippen molar-refractivity contribution >= 4 is 23.4 Å². The second-order valence-electron chi connectivity index (χ2n) is 8.66. The van der Waals surface area contributed by atoms with Gasteiger partial charge in [-0.3, -0.25) is 19.4 Å². The van der Waals surface area contributed by atoms with E-state index in [1.54, 1.807) is 24.3 Å². The molecule has 2 aliphatic heterocycles. The van der Waals surface area contributed by atoms with Gasteiger partial charge < -0.3 is 9.80 Å². The second-order valence-corrected chi connectivity index (χ2v) is 9.10. The number of carbonyl (C=O) groups excluding carboxylic acids is 2. The molecule has 0 spiro atoms. The molecular weight excluding hydrogens is 424 g/mol. The summed E-state index contributed by atoms with van der Waals surface area (Å²) in [6.45, 7) is 9.56. The van der Waals surface area contributed by atoms with Gasteiger partial charge in [-0.1, -0.05) is 41.9 Å². The fourth-order valence-electron chi connectivity index (χ4n) is 4.39. The van der Waals surface area contributed by atoms with Crippen LogP contribution in [0.4, 0.5) is 0 Å².